The van der Waals surface area contributed by atoms with Crippen LogP contribution in [-0.4, -0.2) is 17.3 Å². The van der Waals surface area contributed by atoms with Gasteiger partial charge in [0.1, 0.15) is 5.56 Å². The molecule has 0 aliphatic carbocycles. The molecule has 1 rings (SSSR count). The van der Waals surface area contributed by atoms with Crippen molar-refractivity contribution >= 4 is 12.3 Å². The summed E-state index contributed by atoms with van der Waals surface area (Å²) in [7, 11) is 0. The lowest BCUT2D eigenvalue weighted by Gasteiger charge is -1.94. The molecule has 0 fully saturated rings. The second kappa shape index (κ2) is 3.47. The van der Waals surface area contributed by atoms with E-state index in [1.807, 2.05) is 5.32 Å². The third kappa shape index (κ3) is 1.57. The highest BCUT2D eigenvalue weighted by Crippen LogP contribution is 1.87. The van der Waals surface area contributed by atoms with E-state index in [0.717, 1.165) is 0 Å². The van der Waals surface area contributed by atoms with Crippen LogP contribution < -0.4 is 10.9 Å². The lowest BCUT2D eigenvalue weighted by Crippen LogP contribution is -2.27. The van der Waals surface area contributed by atoms with Gasteiger partial charge in [0.25, 0.3) is 11.5 Å². The van der Waals surface area contributed by atoms with Crippen molar-refractivity contribution in [3.05, 3.63) is 34.2 Å². The smallest absolute Gasteiger partial charge is 0.263 e. The van der Waals surface area contributed by atoms with Crippen molar-refractivity contribution < 1.29 is 9.59 Å². The SMILES string of the molecule is O=CNC(=O)c1ccc[nH]c1=O. The Morgan fingerprint density at radius 2 is 2.33 bits per heavy atom. The van der Waals surface area contributed by atoms with Gasteiger partial charge in [0.15, 0.2) is 0 Å². The highest BCUT2D eigenvalue weighted by atomic mass is 16.2. The number of pyridine rings is 1. The lowest BCUT2D eigenvalue weighted by atomic mass is 10.3. The maximum atomic E-state index is 10.9. The predicted molar refractivity (Wildman–Crippen MR) is 40.6 cm³/mol. The van der Waals surface area contributed by atoms with Gasteiger partial charge in [0.2, 0.25) is 6.41 Å². The van der Waals surface area contributed by atoms with Gasteiger partial charge in [-0.2, -0.15) is 0 Å². The molecule has 1 aromatic heterocycles. The fourth-order valence-corrected chi connectivity index (χ4v) is 0.732. The fourth-order valence-electron chi connectivity index (χ4n) is 0.732. The number of aromatic amines is 1. The normalized spacial score (nSPS) is 9.00. The maximum absolute atomic E-state index is 10.9. The van der Waals surface area contributed by atoms with Gasteiger partial charge in [-0.25, -0.2) is 0 Å². The second-order valence-electron chi connectivity index (χ2n) is 2.00. The first-order chi connectivity index (χ1) is 5.75. The zero-order chi connectivity index (χ0) is 8.97. The van der Waals surface area contributed by atoms with Crippen LogP contribution in [0.3, 0.4) is 0 Å². The molecule has 0 aromatic carbocycles. The summed E-state index contributed by atoms with van der Waals surface area (Å²) in [6.07, 6.45) is 1.63. The van der Waals surface area contributed by atoms with E-state index in [-0.39, 0.29) is 12.0 Å². The maximum Gasteiger partial charge on any atom is 0.263 e. The first-order valence-electron chi connectivity index (χ1n) is 3.18. The summed E-state index contributed by atoms with van der Waals surface area (Å²) >= 11 is 0. The largest absolute Gasteiger partial charge is 0.328 e. The molecule has 2 N–H and O–H groups in total. The average molecular weight is 166 g/mol. The second-order valence-corrected chi connectivity index (χ2v) is 2.00. The molecule has 0 aliphatic heterocycles. The summed E-state index contributed by atoms with van der Waals surface area (Å²) in [5.74, 6) is -0.702. The number of imide groups is 1. The van der Waals surface area contributed by atoms with E-state index in [0.29, 0.717) is 0 Å². The van der Waals surface area contributed by atoms with Crippen molar-refractivity contribution in [1.29, 1.82) is 0 Å². The Morgan fingerprint density at radius 1 is 1.58 bits per heavy atom. The third-order valence-electron chi connectivity index (χ3n) is 1.25. The van der Waals surface area contributed by atoms with Crippen molar-refractivity contribution in [2.24, 2.45) is 0 Å². The Morgan fingerprint density at radius 3 is 2.92 bits per heavy atom. The van der Waals surface area contributed by atoms with Gasteiger partial charge in [-0.15, -0.1) is 0 Å². The number of hydrogen-bond acceptors (Lipinski definition) is 3. The van der Waals surface area contributed by atoms with E-state index in [9.17, 15) is 14.4 Å². The molecule has 0 bridgehead atoms. The molecule has 0 radical (unpaired) electrons. The van der Waals surface area contributed by atoms with Crippen LogP contribution in [0.2, 0.25) is 0 Å². The highest BCUT2D eigenvalue weighted by Gasteiger charge is 2.06. The van der Waals surface area contributed by atoms with Crippen molar-refractivity contribution in [2.45, 2.75) is 0 Å². The summed E-state index contributed by atoms with van der Waals surface area (Å²) < 4.78 is 0. The van der Waals surface area contributed by atoms with Gasteiger partial charge in [-0.1, -0.05) is 0 Å². The van der Waals surface area contributed by atoms with Crippen molar-refractivity contribution in [2.75, 3.05) is 0 Å². The minimum absolute atomic E-state index is 0.0791. The predicted octanol–water partition coefficient (Wildman–Crippen LogP) is -0.739. The van der Waals surface area contributed by atoms with Gasteiger partial charge < -0.3 is 4.98 Å². The number of carbonyl (C=O) groups excluding carboxylic acids is 2. The Balaban J connectivity index is 3.03. The zero-order valence-corrected chi connectivity index (χ0v) is 6.03. The first-order valence-corrected chi connectivity index (χ1v) is 3.18. The number of nitrogens with one attached hydrogen (secondary N) is 2. The Bertz CT molecular complexity index is 356. The van der Waals surface area contributed by atoms with Crippen LogP contribution in [-0.2, 0) is 4.79 Å². The van der Waals surface area contributed by atoms with E-state index in [1.54, 1.807) is 0 Å². The van der Waals surface area contributed by atoms with Crippen LogP contribution in [0.1, 0.15) is 10.4 Å². The van der Waals surface area contributed by atoms with Crippen LogP contribution in [0.15, 0.2) is 23.1 Å². The molecule has 0 spiro atoms. The molecule has 0 unspecified atom stereocenters. The van der Waals surface area contributed by atoms with E-state index in [4.69, 9.17) is 0 Å². The Kier molecular flexibility index (Phi) is 2.37. The molecule has 0 saturated carbocycles. The van der Waals surface area contributed by atoms with Crippen molar-refractivity contribution in [3.63, 3.8) is 0 Å². The average Bonchev–Trinajstić information content (AvgIpc) is 2.05. The molecule has 5 heteroatoms. The lowest BCUT2D eigenvalue weighted by molar-refractivity contribution is -0.108. The van der Waals surface area contributed by atoms with E-state index in [2.05, 4.69) is 4.98 Å². The van der Waals surface area contributed by atoms with Crippen molar-refractivity contribution in [3.8, 4) is 0 Å². The zero-order valence-electron chi connectivity index (χ0n) is 6.03. The molecule has 62 valence electrons. The topological polar surface area (TPSA) is 79.0 Å². The Labute approximate surface area is 67.4 Å². The summed E-state index contributed by atoms with van der Waals surface area (Å²) in [6, 6.07) is 2.83. The molecule has 2 amide bonds. The minimum atomic E-state index is -0.702. The van der Waals surface area contributed by atoms with Gasteiger partial charge in [0.05, 0.1) is 0 Å². The van der Waals surface area contributed by atoms with Gasteiger partial charge in [-0.05, 0) is 12.1 Å². The van der Waals surface area contributed by atoms with Gasteiger partial charge in [0, 0.05) is 6.20 Å². The number of rotatable bonds is 2. The van der Waals surface area contributed by atoms with Gasteiger partial charge >= 0.3 is 0 Å². The van der Waals surface area contributed by atoms with Crippen LogP contribution in [0.5, 0.6) is 0 Å². The number of amides is 2. The molecule has 5 nitrogen and oxygen atoms in total. The fraction of sp³-hybridized carbons (Fsp3) is 0. The monoisotopic (exact) mass is 166 g/mol. The summed E-state index contributed by atoms with van der Waals surface area (Å²) in [5.41, 5.74) is -0.596. The number of aromatic nitrogens is 1. The molecule has 1 aromatic rings. The van der Waals surface area contributed by atoms with E-state index in [1.165, 1.54) is 18.3 Å². The standard InChI is InChI=1S/C7H6N2O3/c10-4-9-7(12)5-2-1-3-8-6(5)11/h1-4H,(H,8,11)(H,9,10,12). The summed E-state index contributed by atoms with van der Waals surface area (Å²) in [6.45, 7) is 0. The minimum Gasteiger partial charge on any atom is -0.328 e. The summed E-state index contributed by atoms with van der Waals surface area (Å²) in [4.78, 5) is 34.0. The molecule has 0 aliphatic rings. The van der Waals surface area contributed by atoms with Gasteiger partial charge in [-0.3, -0.25) is 19.7 Å². The van der Waals surface area contributed by atoms with Crippen LogP contribution in [0.4, 0.5) is 0 Å². The molecular weight excluding hydrogens is 160 g/mol. The quantitative estimate of drug-likeness (QED) is 0.568. The molecule has 0 atom stereocenters. The number of hydrogen-bond donors (Lipinski definition) is 2. The molecule has 1 heterocycles. The number of H-pyrrole nitrogens is 1. The van der Waals surface area contributed by atoms with E-state index < -0.39 is 11.5 Å². The van der Waals surface area contributed by atoms with Crippen LogP contribution >= 0.6 is 0 Å². The number of carbonyl (C=O) groups is 2. The van der Waals surface area contributed by atoms with E-state index >= 15 is 0 Å². The highest BCUT2D eigenvalue weighted by molar-refractivity contribution is 5.99. The van der Waals surface area contributed by atoms with Crippen LogP contribution in [0.25, 0.3) is 0 Å². The third-order valence-corrected chi connectivity index (χ3v) is 1.25. The first kappa shape index (κ1) is 8.19. The van der Waals surface area contributed by atoms with Crippen molar-refractivity contribution in [1.82, 2.24) is 10.3 Å². The molecule has 0 saturated heterocycles. The Hall–Kier alpha value is -1.91. The molecular formula is C7H6N2O3. The van der Waals surface area contributed by atoms with Crippen LogP contribution in [0, 0.1) is 0 Å². The molecule has 12 heavy (non-hydrogen) atoms. The summed E-state index contributed by atoms with van der Waals surface area (Å²) in [5, 5.41) is 1.86.